The Morgan fingerprint density at radius 1 is 0.462 bits per heavy atom. The zero-order chi connectivity index (χ0) is 25.9. The lowest BCUT2D eigenvalue weighted by molar-refractivity contribution is 0.669. The minimum absolute atomic E-state index is 0.553. The summed E-state index contributed by atoms with van der Waals surface area (Å²) in [6.45, 7) is 0. The first-order valence-corrected chi connectivity index (χ1v) is 13.3. The summed E-state index contributed by atoms with van der Waals surface area (Å²) in [6, 6.07) is 36.2. The molecule has 0 bridgehead atoms. The van der Waals surface area contributed by atoms with E-state index in [0.29, 0.717) is 17.5 Å². The SMILES string of the molecule is Brc1cccc(-c2nc(-c3ccc4oc5ccccc5c4c3)nc(-c3cccc4c3oc3ccccc34)n2)c1. The van der Waals surface area contributed by atoms with Crippen molar-refractivity contribution in [3.63, 3.8) is 0 Å². The summed E-state index contributed by atoms with van der Waals surface area (Å²) in [6.07, 6.45) is 0. The van der Waals surface area contributed by atoms with Crippen LogP contribution < -0.4 is 0 Å². The molecule has 0 amide bonds. The number of benzene rings is 5. The second-order valence-electron chi connectivity index (χ2n) is 9.41. The fourth-order valence-electron chi connectivity index (χ4n) is 5.17. The summed E-state index contributed by atoms with van der Waals surface area (Å²) in [5.74, 6) is 1.72. The molecule has 39 heavy (non-hydrogen) atoms. The Kier molecular flexibility index (Phi) is 4.90. The van der Waals surface area contributed by atoms with Crippen LogP contribution in [0.4, 0.5) is 0 Å². The van der Waals surface area contributed by atoms with Crippen LogP contribution in [0.1, 0.15) is 0 Å². The van der Waals surface area contributed by atoms with Crippen LogP contribution in [0.25, 0.3) is 78.0 Å². The molecule has 0 saturated carbocycles. The van der Waals surface area contributed by atoms with Crippen molar-refractivity contribution < 1.29 is 8.83 Å². The van der Waals surface area contributed by atoms with Gasteiger partial charge in [-0.1, -0.05) is 76.6 Å². The molecule has 3 heterocycles. The third-order valence-corrected chi connectivity index (χ3v) is 7.49. The molecule has 6 heteroatoms. The van der Waals surface area contributed by atoms with Gasteiger partial charge < -0.3 is 8.83 Å². The first-order valence-electron chi connectivity index (χ1n) is 12.6. The van der Waals surface area contributed by atoms with E-state index in [2.05, 4.69) is 40.2 Å². The predicted molar refractivity (Wildman–Crippen MR) is 158 cm³/mol. The molecule has 8 rings (SSSR count). The monoisotopic (exact) mass is 567 g/mol. The number of hydrogen-bond acceptors (Lipinski definition) is 5. The van der Waals surface area contributed by atoms with Gasteiger partial charge in [-0.25, -0.2) is 15.0 Å². The fraction of sp³-hybridized carbons (Fsp3) is 0. The highest BCUT2D eigenvalue weighted by molar-refractivity contribution is 9.10. The Balaban J connectivity index is 1.39. The molecule has 0 unspecified atom stereocenters. The lowest BCUT2D eigenvalue weighted by Crippen LogP contribution is -2.00. The van der Waals surface area contributed by atoms with Crippen LogP contribution in [0.2, 0.25) is 0 Å². The van der Waals surface area contributed by atoms with Gasteiger partial charge in [0.1, 0.15) is 22.3 Å². The van der Waals surface area contributed by atoms with Gasteiger partial charge in [-0.05, 0) is 48.5 Å². The summed E-state index contributed by atoms with van der Waals surface area (Å²) in [5, 5.41) is 4.17. The Bertz CT molecular complexity index is 2210. The van der Waals surface area contributed by atoms with Gasteiger partial charge in [0.25, 0.3) is 0 Å². The Morgan fingerprint density at radius 3 is 1.87 bits per heavy atom. The molecule has 5 nitrogen and oxygen atoms in total. The largest absolute Gasteiger partial charge is 0.456 e. The third-order valence-electron chi connectivity index (χ3n) is 7.00. The van der Waals surface area contributed by atoms with E-state index in [1.807, 2.05) is 84.9 Å². The van der Waals surface area contributed by atoms with E-state index in [1.165, 1.54) is 0 Å². The Hall–Kier alpha value is -4.81. The van der Waals surface area contributed by atoms with E-state index in [0.717, 1.165) is 65.0 Å². The van der Waals surface area contributed by atoms with Gasteiger partial charge in [-0.3, -0.25) is 0 Å². The van der Waals surface area contributed by atoms with E-state index in [9.17, 15) is 0 Å². The van der Waals surface area contributed by atoms with Crippen LogP contribution in [0.3, 0.4) is 0 Å². The van der Waals surface area contributed by atoms with Crippen LogP contribution >= 0.6 is 15.9 Å². The molecular weight excluding hydrogens is 550 g/mol. The number of para-hydroxylation sites is 3. The van der Waals surface area contributed by atoms with Gasteiger partial charge in [0.15, 0.2) is 17.5 Å². The zero-order valence-corrected chi connectivity index (χ0v) is 22.0. The van der Waals surface area contributed by atoms with Gasteiger partial charge in [0.2, 0.25) is 0 Å². The highest BCUT2D eigenvalue weighted by Crippen LogP contribution is 2.37. The number of rotatable bonds is 3. The van der Waals surface area contributed by atoms with Gasteiger partial charge in [-0.2, -0.15) is 0 Å². The van der Waals surface area contributed by atoms with Crippen molar-refractivity contribution in [3.8, 4) is 34.2 Å². The maximum absolute atomic E-state index is 6.32. The number of furan rings is 2. The van der Waals surface area contributed by atoms with Crippen LogP contribution in [0.15, 0.2) is 123 Å². The molecular formula is C33H18BrN3O2. The van der Waals surface area contributed by atoms with Crippen molar-refractivity contribution in [3.05, 3.63) is 114 Å². The maximum Gasteiger partial charge on any atom is 0.167 e. The summed E-state index contributed by atoms with van der Waals surface area (Å²) in [4.78, 5) is 14.9. The van der Waals surface area contributed by atoms with Crippen LogP contribution in [0, 0.1) is 0 Å². The summed E-state index contributed by atoms with van der Waals surface area (Å²) >= 11 is 3.59. The molecule has 0 spiro atoms. The van der Waals surface area contributed by atoms with Crippen molar-refractivity contribution in [2.24, 2.45) is 0 Å². The van der Waals surface area contributed by atoms with Crippen molar-refractivity contribution in [2.75, 3.05) is 0 Å². The number of hydrogen-bond donors (Lipinski definition) is 0. The topological polar surface area (TPSA) is 65.0 Å². The number of fused-ring (bicyclic) bond motifs is 6. The minimum atomic E-state index is 0.553. The molecule has 0 atom stereocenters. The number of nitrogens with zero attached hydrogens (tertiary/aromatic N) is 3. The van der Waals surface area contributed by atoms with Gasteiger partial charge in [0, 0.05) is 37.1 Å². The average Bonchev–Trinajstić information content (AvgIpc) is 3.55. The van der Waals surface area contributed by atoms with E-state index < -0.39 is 0 Å². The lowest BCUT2D eigenvalue weighted by Gasteiger charge is -2.09. The normalized spacial score (nSPS) is 11.7. The number of halogens is 1. The van der Waals surface area contributed by atoms with Crippen LogP contribution in [-0.4, -0.2) is 15.0 Å². The van der Waals surface area contributed by atoms with Gasteiger partial charge in [-0.15, -0.1) is 0 Å². The predicted octanol–water partition coefficient (Wildman–Crippen LogP) is 9.43. The van der Waals surface area contributed by atoms with Gasteiger partial charge in [0.05, 0.1) is 5.56 Å². The molecule has 0 N–H and O–H groups in total. The standard InChI is InChI=1S/C33H18BrN3O2/c34-21-8-5-7-19(17-21)31-35-32(20-15-16-29-26(18-20)23-10-2-3-13-27(23)38-29)37-33(36-31)25-12-6-11-24-22-9-1-4-14-28(22)39-30(24)25/h1-18H. The summed E-state index contributed by atoms with van der Waals surface area (Å²) in [5.41, 5.74) is 5.86. The van der Waals surface area contributed by atoms with E-state index in [4.69, 9.17) is 23.8 Å². The second-order valence-corrected chi connectivity index (χ2v) is 10.3. The fourth-order valence-corrected chi connectivity index (χ4v) is 5.57. The van der Waals surface area contributed by atoms with Crippen LogP contribution in [-0.2, 0) is 0 Å². The van der Waals surface area contributed by atoms with Crippen molar-refractivity contribution >= 4 is 59.8 Å². The summed E-state index contributed by atoms with van der Waals surface area (Å²) in [7, 11) is 0. The van der Waals surface area contributed by atoms with Crippen LogP contribution in [0.5, 0.6) is 0 Å². The van der Waals surface area contributed by atoms with Crippen molar-refractivity contribution in [2.45, 2.75) is 0 Å². The molecule has 184 valence electrons. The van der Waals surface area contributed by atoms with E-state index in [-0.39, 0.29) is 0 Å². The molecule has 5 aromatic carbocycles. The van der Waals surface area contributed by atoms with E-state index in [1.54, 1.807) is 0 Å². The molecule has 0 aliphatic carbocycles. The zero-order valence-electron chi connectivity index (χ0n) is 20.4. The number of aromatic nitrogens is 3. The molecule has 0 aliphatic rings. The smallest absolute Gasteiger partial charge is 0.167 e. The molecule has 0 radical (unpaired) electrons. The first-order chi connectivity index (χ1) is 19.2. The summed E-state index contributed by atoms with van der Waals surface area (Å²) < 4.78 is 13.3. The maximum atomic E-state index is 6.32. The quantitative estimate of drug-likeness (QED) is 0.212. The first kappa shape index (κ1) is 22.2. The Morgan fingerprint density at radius 2 is 1.08 bits per heavy atom. The lowest BCUT2D eigenvalue weighted by atomic mass is 10.1. The minimum Gasteiger partial charge on any atom is -0.456 e. The molecule has 0 aliphatic heterocycles. The van der Waals surface area contributed by atoms with Gasteiger partial charge >= 0.3 is 0 Å². The molecule has 8 aromatic rings. The third kappa shape index (κ3) is 3.64. The molecule has 0 fully saturated rings. The highest BCUT2D eigenvalue weighted by Gasteiger charge is 2.18. The van der Waals surface area contributed by atoms with Crippen molar-refractivity contribution in [1.29, 1.82) is 0 Å². The van der Waals surface area contributed by atoms with E-state index >= 15 is 0 Å². The Labute approximate surface area is 230 Å². The average molecular weight is 568 g/mol. The second kappa shape index (κ2) is 8.61. The highest BCUT2D eigenvalue weighted by atomic mass is 79.9. The van der Waals surface area contributed by atoms with Crippen molar-refractivity contribution in [1.82, 2.24) is 15.0 Å². The molecule has 0 saturated heterocycles. The molecule has 3 aromatic heterocycles.